The highest BCUT2D eigenvalue weighted by Crippen LogP contribution is 2.57. The lowest BCUT2D eigenvalue weighted by Gasteiger charge is -2.35. The van der Waals surface area contributed by atoms with Crippen LogP contribution in [0.3, 0.4) is 0 Å². The van der Waals surface area contributed by atoms with Gasteiger partial charge < -0.3 is 9.47 Å². The molecule has 2 heteroatoms. The summed E-state index contributed by atoms with van der Waals surface area (Å²) in [4.78, 5) is 0. The molecule has 0 atom stereocenters. The average Bonchev–Trinajstić information content (AvgIpc) is 3.17. The summed E-state index contributed by atoms with van der Waals surface area (Å²) in [6, 6.07) is 27.5. The van der Waals surface area contributed by atoms with E-state index in [1.54, 1.807) is 0 Å². The van der Waals surface area contributed by atoms with Crippen LogP contribution in [0, 0.1) is 27.7 Å². The minimum absolute atomic E-state index is 0.480. The van der Waals surface area contributed by atoms with Crippen LogP contribution >= 0.6 is 0 Å². The number of aryl methyl sites for hydroxylation is 4. The van der Waals surface area contributed by atoms with E-state index in [-0.39, 0.29) is 0 Å². The molecule has 4 aromatic rings. The van der Waals surface area contributed by atoms with Crippen LogP contribution in [0.1, 0.15) is 84.0 Å². The number of hydrogen-bond acceptors (Lipinski definition) is 2. The normalized spacial score (nSPS) is 13.2. The van der Waals surface area contributed by atoms with Gasteiger partial charge in [-0.3, -0.25) is 0 Å². The summed E-state index contributed by atoms with van der Waals surface area (Å²) in [5, 5.41) is 0. The van der Waals surface area contributed by atoms with Gasteiger partial charge in [0.25, 0.3) is 0 Å². The summed E-state index contributed by atoms with van der Waals surface area (Å²) in [7, 11) is 0. The summed E-state index contributed by atoms with van der Waals surface area (Å²) in [6.45, 7) is 14.6. The molecule has 0 saturated carbocycles. The standard InChI is InChI=1S/C37H42O2/c1-7-9-15-38-31-19-27(5)17-29(23-31)37(30-18-28(6)20-32(24-30)39-16-10-8-2)35-21-25(3)11-13-33(35)34-14-12-26(4)22-36(34)37/h11-14,17-24H,7-10,15-16H2,1-6H3. The fourth-order valence-corrected chi connectivity index (χ4v) is 6.10. The van der Waals surface area contributed by atoms with Crippen LogP contribution in [-0.4, -0.2) is 13.2 Å². The van der Waals surface area contributed by atoms with Crippen molar-refractivity contribution in [2.45, 2.75) is 72.6 Å². The van der Waals surface area contributed by atoms with Crippen molar-refractivity contribution in [2.75, 3.05) is 13.2 Å². The van der Waals surface area contributed by atoms with Gasteiger partial charge in [0, 0.05) is 0 Å². The maximum Gasteiger partial charge on any atom is 0.119 e. The number of rotatable bonds is 10. The second-order valence-electron chi connectivity index (χ2n) is 11.3. The lowest BCUT2D eigenvalue weighted by molar-refractivity contribution is 0.308. The lowest BCUT2D eigenvalue weighted by atomic mass is 9.66. The van der Waals surface area contributed by atoms with Gasteiger partial charge in [-0.05, 0) is 109 Å². The minimum atomic E-state index is -0.480. The van der Waals surface area contributed by atoms with Gasteiger partial charge in [-0.1, -0.05) is 86.3 Å². The number of unbranched alkanes of at least 4 members (excludes halogenated alkanes) is 2. The molecule has 0 aliphatic heterocycles. The van der Waals surface area contributed by atoms with Gasteiger partial charge in [0.1, 0.15) is 11.5 Å². The molecule has 0 aromatic heterocycles. The minimum Gasteiger partial charge on any atom is -0.494 e. The fourth-order valence-electron chi connectivity index (χ4n) is 6.10. The van der Waals surface area contributed by atoms with Crippen LogP contribution < -0.4 is 9.47 Å². The lowest BCUT2D eigenvalue weighted by Crippen LogP contribution is -2.29. The molecule has 0 amide bonds. The molecular formula is C37H42O2. The Morgan fingerprint density at radius 1 is 0.513 bits per heavy atom. The van der Waals surface area contributed by atoms with Crippen molar-refractivity contribution in [3.8, 4) is 22.6 Å². The van der Waals surface area contributed by atoms with Crippen LogP contribution in [0.25, 0.3) is 11.1 Å². The van der Waals surface area contributed by atoms with Gasteiger partial charge in [-0.2, -0.15) is 0 Å². The molecular weight excluding hydrogens is 476 g/mol. The molecule has 0 radical (unpaired) electrons. The maximum atomic E-state index is 6.32. The number of benzene rings is 4. The molecule has 0 saturated heterocycles. The number of ether oxygens (including phenoxy) is 2. The van der Waals surface area contributed by atoms with Gasteiger partial charge in [-0.25, -0.2) is 0 Å². The molecule has 0 spiro atoms. The number of fused-ring (bicyclic) bond motifs is 3. The Morgan fingerprint density at radius 2 is 0.949 bits per heavy atom. The zero-order valence-electron chi connectivity index (χ0n) is 24.5. The third kappa shape index (κ3) is 5.10. The Morgan fingerprint density at radius 3 is 1.36 bits per heavy atom. The van der Waals surface area contributed by atoms with E-state index in [4.69, 9.17) is 9.47 Å². The Kier molecular flexibility index (Phi) is 7.84. The zero-order valence-corrected chi connectivity index (χ0v) is 24.5. The largest absolute Gasteiger partial charge is 0.494 e. The maximum absolute atomic E-state index is 6.32. The van der Waals surface area contributed by atoms with E-state index < -0.39 is 5.41 Å². The van der Waals surface area contributed by atoms with Crippen LogP contribution in [0.5, 0.6) is 11.5 Å². The molecule has 0 unspecified atom stereocenters. The van der Waals surface area contributed by atoms with Crippen molar-refractivity contribution in [1.82, 2.24) is 0 Å². The molecule has 0 bridgehead atoms. The Balaban J connectivity index is 1.84. The average molecular weight is 519 g/mol. The van der Waals surface area contributed by atoms with Crippen LogP contribution in [0.4, 0.5) is 0 Å². The first-order valence-electron chi connectivity index (χ1n) is 14.6. The molecule has 0 fully saturated rings. The highest BCUT2D eigenvalue weighted by Gasteiger charge is 2.47. The summed E-state index contributed by atoms with van der Waals surface area (Å²) in [5.74, 6) is 1.89. The Hall–Kier alpha value is -3.52. The van der Waals surface area contributed by atoms with E-state index in [1.807, 2.05) is 0 Å². The first-order valence-corrected chi connectivity index (χ1v) is 14.6. The van der Waals surface area contributed by atoms with Gasteiger partial charge in [0.2, 0.25) is 0 Å². The van der Waals surface area contributed by atoms with Crippen molar-refractivity contribution in [3.05, 3.63) is 117 Å². The third-order valence-corrected chi connectivity index (χ3v) is 7.95. The second-order valence-corrected chi connectivity index (χ2v) is 11.3. The van der Waals surface area contributed by atoms with Crippen molar-refractivity contribution in [3.63, 3.8) is 0 Å². The van der Waals surface area contributed by atoms with Crippen LogP contribution in [0.2, 0.25) is 0 Å². The summed E-state index contributed by atoms with van der Waals surface area (Å²) in [5.41, 5.74) is 12.2. The topological polar surface area (TPSA) is 18.5 Å². The molecule has 2 nitrogen and oxygen atoms in total. The highest BCUT2D eigenvalue weighted by atomic mass is 16.5. The quantitative estimate of drug-likeness (QED) is 0.171. The van der Waals surface area contributed by atoms with Crippen LogP contribution in [0.15, 0.2) is 72.8 Å². The zero-order chi connectivity index (χ0) is 27.6. The van der Waals surface area contributed by atoms with E-state index in [2.05, 4.69) is 114 Å². The summed E-state index contributed by atoms with van der Waals surface area (Å²) in [6.07, 6.45) is 4.33. The number of hydrogen-bond donors (Lipinski definition) is 0. The summed E-state index contributed by atoms with van der Waals surface area (Å²) >= 11 is 0. The smallest absolute Gasteiger partial charge is 0.119 e. The van der Waals surface area contributed by atoms with E-state index in [0.717, 1.165) is 50.4 Å². The Bertz CT molecular complexity index is 1370. The molecule has 202 valence electrons. The molecule has 1 aliphatic rings. The molecule has 0 N–H and O–H groups in total. The molecule has 0 heterocycles. The molecule has 4 aromatic carbocycles. The predicted molar refractivity (Wildman–Crippen MR) is 163 cm³/mol. The van der Waals surface area contributed by atoms with E-state index in [9.17, 15) is 0 Å². The SMILES string of the molecule is CCCCOc1cc(C)cc(C2(c3cc(C)cc(OCCCC)c3)c3cc(C)ccc3-c3ccc(C)cc32)c1. The fraction of sp³-hybridized carbons (Fsp3) is 0.351. The Labute approximate surface area is 235 Å². The molecule has 1 aliphatic carbocycles. The van der Waals surface area contributed by atoms with E-state index in [0.29, 0.717) is 0 Å². The first-order chi connectivity index (χ1) is 18.9. The van der Waals surface area contributed by atoms with Gasteiger partial charge in [0.05, 0.1) is 18.6 Å². The highest BCUT2D eigenvalue weighted by molar-refractivity contribution is 5.87. The third-order valence-electron chi connectivity index (χ3n) is 7.95. The molecule has 5 rings (SSSR count). The van der Waals surface area contributed by atoms with Crippen molar-refractivity contribution in [2.24, 2.45) is 0 Å². The second kappa shape index (κ2) is 11.3. The van der Waals surface area contributed by atoms with Gasteiger partial charge in [0.15, 0.2) is 0 Å². The summed E-state index contributed by atoms with van der Waals surface area (Å²) < 4.78 is 12.6. The van der Waals surface area contributed by atoms with Gasteiger partial charge in [-0.15, -0.1) is 0 Å². The predicted octanol–water partition coefficient (Wildman–Crippen LogP) is 9.64. The van der Waals surface area contributed by atoms with E-state index in [1.165, 1.54) is 55.6 Å². The van der Waals surface area contributed by atoms with Crippen molar-refractivity contribution < 1.29 is 9.47 Å². The van der Waals surface area contributed by atoms with Crippen LogP contribution in [-0.2, 0) is 5.41 Å². The van der Waals surface area contributed by atoms with Crippen molar-refractivity contribution >= 4 is 0 Å². The monoisotopic (exact) mass is 518 g/mol. The van der Waals surface area contributed by atoms with Crippen molar-refractivity contribution in [1.29, 1.82) is 0 Å². The molecule has 39 heavy (non-hydrogen) atoms. The first kappa shape index (κ1) is 27.1. The van der Waals surface area contributed by atoms with E-state index >= 15 is 0 Å². The van der Waals surface area contributed by atoms with Gasteiger partial charge >= 0.3 is 0 Å².